The molecular formula is C30H32N2O2. The summed E-state index contributed by atoms with van der Waals surface area (Å²) < 4.78 is 0. The highest BCUT2D eigenvalue weighted by Crippen LogP contribution is 2.35. The number of carbonyl (C=O) groups is 2. The molecule has 4 rings (SSSR count). The monoisotopic (exact) mass is 452 g/mol. The van der Waals surface area contributed by atoms with Gasteiger partial charge in [0.2, 0.25) is 0 Å². The summed E-state index contributed by atoms with van der Waals surface area (Å²) in [6.07, 6.45) is 0.894. The molecule has 0 unspecified atom stereocenters. The largest absolute Gasteiger partial charge is 0.350 e. The molecule has 0 aliphatic carbocycles. The van der Waals surface area contributed by atoms with E-state index in [4.69, 9.17) is 0 Å². The maximum absolute atomic E-state index is 13.7. The van der Waals surface area contributed by atoms with Crippen LogP contribution in [0.3, 0.4) is 0 Å². The van der Waals surface area contributed by atoms with Crippen molar-refractivity contribution in [1.82, 2.24) is 0 Å². The number of amides is 2. The van der Waals surface area contributed by atoms with Gasteiger partial charge < -0.3 is 5.32 Å². The van der Waals surface area contributed by atoms with E-state index in [2.05, 4.69) is 45.1 Å². The number of imide groups is 1. The molecule has 1 heterocycles. The highest BCUT2D eigenvalue weighted by Gasteiger charge is 2.40. The van der Waals surface area contributed by atoms with Crippen LogP contribution in [-0.2, 0) is 21.4 Å². The van der Waals surface area contributed by atoms with Crippen molar-refractivity contribution in [2.45, 2.75) is 53.4 Å². The van der Waals surface area contributed by atoms with Crippen molar-refractivity contribution < 1.29 is 9.59 Å². The molecule has 4 nitrogen and oxygen atoms in total. The van der Waals surface area contributed by atoms with Crippen LogP contribution in [0, 0.1) is 13.8 Å². The Bertz CT molecular complexity index is 1280. The third-order valence-corrected chi connectivity index (χ3v) is 6.36. The molecule has 1 aliphatic heterocycles. The molecule has 1 N–H and O–H groups in total. The van der Waals surface area contributed by atoms with Crippen LogP contribution in [0.1, 0.15) is 55.5 Å². The number of hydrogen-bond acceptors (Lipinski definition) is 3. The van der Waals surface area contributed by atoms with E-state index in [1.54, 1.807) is 0 Å². The smallest absolute Gasteiger partial charge is 0.282 e. The van der Waals surface area contributed by atoms with Gasteiger partial charge in [0, 0.05) is 5.69 Å². The molecule has 0 saturated heterocycles. The highest BCUT2D eigenvalue weighted by atomic mass is 16.2. The number of hydrogen-bond donors (Lipinski definition) is 1. The van der Waals surface area contributed by atoms with Crippen LogP contribution in [-0.4, -0.2) is 11.8 Å². The topological polar surface area (TPSA) is 49.4 Å². The number of benzene rings is 3. The molecule has 2 amide bonds. The molecule has 0 radical (unpaired) electrons. The molecule has 0 bridgehead atoms. The minimum atomic E-state index is -0.343. The van der Waals surface area contributed by atoms with Gasteiger partial charge in [-0.1, -0.05) is 75.7 Å². The molecule has 3 aromatic carbocycles. The van der Waals surface area contributed by atoms with E-state index >= 15 is 0 Å². The lowest BCUT2D eigenvalue weighted by atomic mass is 9.87. The van der Waals surface area contributed by atoms with Gasteiger partial charge in [-0.3, -0.25) is 9.59 Å². The van der Waals surface area contributed by atoms with Crippen LogP contribution in [0.2, 0.25) is 0 Å². The number of nitrogens with zero attached hydrogens (tertiary/aromatic N) is 1. The third kappa shape index (κ3) is 4.41. The van der Waals surface area contributed by atoms with Crippen molar-refractivity contribution in [2.75, 3.05) is 10.2 Å². The second-order valence-corrected chi connectivity index (χ2v) is 9.99. The lowest BCUT2D eigenvalue weighted by molar-refractivity contribution is -0.120. The first-order valence-electron chi connectivity index (χ1n) is 11.8. The third-order valence-electron chi connectivity index (χ3n) is 6.36. The quantitative estimate of drug-likeness (QED) is 0.446. The Morgan fingerprint density at radius 1 is 0.824 bits per heavy atom. The van der Waals surface area contributed by atoms with E-state index in [1.165, 1.54) is 10.5 Å². The molecule has 0 atom stereocenters. The maximum Gasteiger partial charge on any atom is 0.282 e. The van der Waals surface area contributed by atoms with Crippen molar-refractivity contribution in [3.05, 3.63) is 100 Å². The van der Waals surface area contributed by atoms with Crippen molar-refractivity contribution in [3.63, 3.8) is 0 Å². The SMILES string of the molecule is CCc1ccc(N2C(=O)C(Nc3ccc(C(C)(C)C)cc3)=C(c3ccc(C)cc3C)C2=O)cc1. The number of rotatable bonds is 5. The average molecular weight is 453 g/mol. The van der Waals surface area contributed by atoms with Gasteiger partial charge in [0.1, 0.15) is 5.70 Å². The molecular weight excluding hydrogens is 420 g/mol. The zero-order chi connectivity index (χ0) is 24.6. The number of aryl methyl sites for hydroxylation is 3. The molecule has 3 aromatic rings. The highest BCUT2D eigenvalue weighted by molar-refractivity contribution is 6.46. The lowest BCUT2D eigenvalue weighted by Gasteiger charge is -2.19. The van der Waals surface area contributed by atoms with Crippen LogP contribution >= 0.6 is 0 Å². The molecule has 174 valence electrons. The summed E-state index contributed by atoms with van der Waals surface area (Å²) >= 11 is 0. The van der Waals surface area contributed by atoms with E-state index in [-0.39, 0.29) is 17.2 Å². The first kappa shape index (κ1) is 23.5. The van der Waals surface area contributed by atoms with Crippen LogP contribution in [0.25, 0.3) is 5.57 Å². The molecule has 0 spiro atoms. The molecule has 0 fully saturated rings. The van der Waals surface area contributed by atoms with Crippen LogP contribution in [0.15, 0.2) is 72.4 Å². The van der Waals surface area contributed by atoms with Crippen molar-refractivity contribution in [2.24, 2.45) is 0 Å². The summed E-state index contributed by atoms with van der Waals surface area (Å²) in [4.78, 5) is 28.6. The van der Waals surface area contributed by atoms with Gasteiger partial charge in [-0.25, -0.2) is 4.90 Å². The summed E-state index contributed by atoms with van der Waals surface area (Å²) in [5.41, 5.74) is 7.29. The van der Waals surface area contributed by atoms with E-state index in [0.717, 1.165) is 34.4 Å². The number of nitrogens with one attached hydrogen (secondary N) is 1. The van der Waals surface area contributed by atoms with E-state index < -0.39 is 0 Å². The first-order chi connectivity index (χ1) is 16.1. The van der Waals surface area contributed by atoms with Gasteiger partial charge in [0.15, 0.2) is 0 Å². The standard InChI is InChI=1S/C30H32N2O2/c1-7-21-9-15-24(16-10-21)32-28(33)26(25-17-8-19(2)18-20(25)3)27(29(32)34)31-23-13-11-22(12-14-23)30(4,5)6/h8-18,31H,7H2,1-6H3. The zero-order valence-electron chi connectivity index (χ0n) is 20.8. The Kier molecular flexibility index (Phi) is 6.18. The average Bonchev–Trinajstić information content (AvgIpc) is 3.03. The fourth-order valence-corrected chi connectivity index (χ4v) is 4.30. The number of anilines is 2. The second kappa shape index (κ2) is 8.94. The fraction of sp³-hybridized carbons (Fsp3) is 0.267. The predicted molar refractivity (Wildman–Crippen MR) is 140 cm³/mol. The van der Waals surface area contributed by atoms with Gasteiger partial charge >= 0.3 is 0 Å². The van der Waals surface area contributed by atoms with Crippen LogP contribution < -0.4 is 10.2 Å². The van der Waals surface area contributed by atoms with Gasteiger partial charge in [0.25, 0.3) is 11.8 Å². The lowest BCUT2D eigenvalue weighted by Crippen LogP contribution is -2.32. The van der Waals surface area contributed by atoms with Gasteiger partial charge in [-0.2, -0.15) is 0 Å². The minimum absolute atomic E-state index is 0.0303. The second-order valence-electron chi connectivity index (χ2n) is 9.99. The Balaban J connectivity index is 1.79. The van der Waals surface area contributed by atoms with E-state index in [9.17, 15) is 9.59 Å². The summed E-state index contributed by atoms with van der Waals surface area (Å²) in [5, 5.41) is 3.28. The van der Waals surface area contributed by atoms with Gasteiger partial charge in [-0.15, -0.1) is 0 Å². The van der Waals surface area contributed by atoms with Crippen LogP contribution in [0.4, 0.5) is 11.4 Å². The minimum Gasteiger partial charge on any atom is -0.350 e. The summed E-state index contributed by atoms with van der Waals surface area (Å²) in [6.45, 7) is 12.6. The van der Waals surface area contributed by atoms with E-state index in [0.29, 0.717) is 17.0 Å². The Labute approximate surface area is 202 Å². The normalized spacial score (nSPS) is 14.2. The maximum atomic E-state index is 13.7. The van der Waals surface area contributed by atoms with Crippen molar-refractivity contribution in [1.29, 1.82) is 0 Å². The van der Waals surface area contributed by atoms with Gasteiger partial charge in [0.05, 0.1) is 11.3 Å². The summed E-state index contributed by atoms with van der Waals surface area (Å²) in [5.74, 6) is -0.654. The summed E-state index contributed by atoms with van der Waals surface area (Å²) in [7, 11) is 0. The predicted octanol–water partition coefficient (Wildman–Crippen LogP) is 6.56. The molecule has 34 heavy (non-hydrogen) atoms. The Hall–Kier alpha value is -3.66. The molecule has 0 aromatic heterocycles. The zero-order valence-corrected chi connectivity index (χ0v) is 20.8. The molecule has 0 saturated carbocycles. The van der Waals surface area contributed by atoms with Gasteiger partial charge in [-0.05, 0) is 72.2 Å². The summed E-state index contributed by atoms with van der Waals surface area (Å²) in [6, 6.07) is 21.6. The number of carbonyl (C=O) groups excluding carboxylic acids is 2. The fourth-order valence-electron chi connectivity index (χ4n) is 4.30. The molecule has 4 heteroatoms. The first-order valence-corrected chi connectivity index (χ1v) is 11.8. The Morgan fingerprint density at radius 3 is 2.03 bits per heavy atom. The molecule has 1 aliphatic rings. The van der Waals surface area contributed by atoms with Crippen molar-refractivity contribution in [3.8, 4) is 0 Å². The Morgan fingerprint density at radius 2 is 1.47 bits per heavy atom. The van der Waals surface area contributed by atoms with E-state index in [1.807, 2.05) is 68.4 Å². The van der Waals surface area contributed by atoms with Crippen molar-refractivity contribution >= 4 is 28.8 Å². The van der Waals surface area contributed by atoms with Crippen LogP contribution in [0.5, 0.6) is 0 Å².